The minimum absolute atomic E-state index is 0.0124. The van der Waals surface area contributed by atoms with Crippen LogP contribution in [-0.2, 0) is 4.74 Å². The summed E-state index contributed by atoms with van der Waals surface area (Å²) in [6.45, 7) is 13.1. The summed E-state index contributed by atoms with van der Waals surface area (Å²) in [6, 6.07) is 7.56. The van der Waals surface area contributed by atoms with Gasteiger partial charge in [0.15, 0.2) is 0 Å². The van der Waals surface area contributed by atoms with Crippen LogP contribution >= 0.6 is 0 Å². The minimum atomic E-state index is -0.763. The molecule has 1 fully saturated rings. The highest BCUT2D eigenvalue weighted by Gasteiger charge is 2.34. The Balaban J connectivity index is 2.06. The van der Waals surface area contributed by atoms with Crippen LogP contribution in [0.3, 0.4) is 0 Å². The molecule has 2 aromatic carbocycles. The Labute approximate surface area is 224 Å². The Kier molecular flexibility index (Phi) is 9.31. The Bertz CT molecular complexity index is 1200. The Morgan fingerprint density at radius 3 is 2.37 bits per heavy atom. The lowest BCUT2D eigenvalue weighted by Crippen LogP contribution is -2.35. The van der Waals surface area contributed by atoms with Gasteiger partial charge in [0, 0.05) is 42.4 Å². The van der Waals surface area contributed by atoms with E-state index in [1.54, 1.807) is 25.1 Å². The number of nitrogens with zero attached hydrogens (tertiary/aromatic N) is 1. The van der Waals surface area contributed by atoms with Gasteiger partial charge in [0.05, 0.1) is 6.10 Å². The second-order valence-corrected chi connectivity index (χ2v) is 11.5. The third-order valence-corrected chi connectivity index (χ3v) is 6.45. The van der Waals surface area contributed by atoms with E-state index in [0.29, 0.717) is 42.8 Å². The topological polar surface area (TPSA) is 102 Å². The first-order valence-electron chi connectivity index (χ1n) is 13.2. The fraction of sp³-hybridized carbons (Fsp3) is 0.500. The number of nitrogens with two attached hydrogens (primary N) is 1. The average molecular weight is 526 g/mol. The predicted octanol–water partition coefficient (Wildman–Crippen LogP) is 5.10. The molecule has 0 aliphatic heterocycles. The highest BCUT2D eigenvalue weighted by Crippen LogP contribution is 2.34. The largest absolute Gasteiger partial charge is 0.379 e. The van der Waals surface area contributed by atoms with Gasteiger partial charge in [-0.1, -0.05) is 26.8 Å². The molecule has 0 saturated heterocycles. The number of amides is 3. The van der Waals surface area contributed by atoms with Crippen molar-refractivity contribution in [2.24, 2.45) is 11.1 Å². The van der Waals surface area contributed by atoms with Gasteiger partial charge in [0.25, 0.3) is 11.8 Å². The van der Waals surface area contributed by atoms with E-state index in [0.717, 1.165) is 18.9 Å². The molecule has 206 valence electrons. The number of carbonyl (C=O) groups excluding carboxylic acids is 3. The van der Waals surface area contributed by atoms with Crippen molar-refractivity contribution in [3.05, 3.63) is 58.4 Å². The molecule has 0 heterocycles. The van der Waals surface area contributed by atoms with Crippen LogP contribution in [0.15, 0.2) is 30.3 Å². The molecule has 2 aromatic rings. The zero-order valence-corrected chi connectivity index (χ0v) is 23.3. The summed E-state index contributed by atoms with van der Waals surface area (Å²) in [5, 5.41) is 2.92. The third-order valence-electron chi connectivity index (χ3n) is 6.45. The van der Waals surface area contributed by atoms with Crippen LogP contribution in [0, 0.1) is 18.2 Å². The first-order valence-corrected chi connectivity index (χ1v) is 13.2. The van der Waals surface area contributed by atoms with E-state index in [4.69, 9.17) is 10.5 Å². The van der Waals surface area contributed by atoms with Crippen LogP contribution in [0.5, 0.6) is 0 Å². The van der Waals surface area contributed by atoms with Crippen LogP contribution in [0.4, 0.5) is 4.39 Å². The van der Waals surface area contributed by atoms with E-state index in [1.165, 1.54) is 6.07 Å². The molecule has 0 spiro atoms. The standard InChI is InChI=1S/C30H40FN3O4/c1-18(2)38-13-7-12-34(22-9-10-22)29(37)25-14-20(28(36)33-17-30(4,5)6)8-11-23(25)24-15-21(27(32)35)16-26(31)19(24)3/h8,11,14-16,18,22H,7,9-10,12-13,17H2,1-6H3,(H2,32,35)(H,33,36). The van der Waals surface area contributed by atoms with Crippen LogP contribution in [-0.4, -0.2) is 54.5 Å². The summed E-state index contributed by atoms with van der Waals surface area (Å²) in [4.78, 5) is 40.7. The molecule has 8 heteroatoms. The molecule has 0 bridgehead atoms. The van der Waals surface area contributed by atoms with E-state index in [2.05, 4.69) is 5.32 Å². The summed E-state index contributed by atoms with van der Waals surface area (Å²) in [5.74, 6) is -1.88. The average Bonchev–Trinajstić information content (AvgIpc) is 3.68. The number of carbonyl (C=O) groups is 3. The molecular formula is C30H40FN3O4. The number of primary amides is 1. The van der Waals surface area contributed by atoms with E-state index in [-0.39, 0.29) is 46.1 Å². The smallest absolute Gasteiger partial charge is 0.254 e. The van der Waals surface area contributed by atoms with Gasteiger partial charge in [-0.2, -0.15) is 0 Å². The normalized spacial score (nSPS) is 13.5. The molecule has 0 radical (unpaired) electrons. The lowest BCUT2D eigenvalue weighted by Gasteiger charge is -2.25. The number of ether oxygens (including phenoxy) is 1. The first kappa shape index (κ1) is 29.3. The van der Waals surface area contributed by atoms with Crippen molar-refractivity contribution < 1.29 is 23.5 Å². The molecule has 3 rings (SSSR count). The molecule has 0 unspecified atom stereocenters. The van der Waals surface area contributed by atoms with Crippen molar-refractivity contribution in [2.75, 3.05) is 19.7 Å². The molecule has 0 atom stereocenters. The second kappa shape index (κ2) is 12.1. The lowest BCUT2D eigenvalue weighted by atomic mass is 9.91. The Morgan fingerprint density at radius 2 is 1.79 bits per heavy atom. The van der Waals surface area contributed by atoms with Gasteiger partial charge in [0.1, 0.15) is 5.82 Å². The highest BCUT2D eigenvalue weighted by molar-refractivity contribution is 6.05. The van der Waals surface area contributed by atoms with Crippen molar-refractivity contribution in [1.29, 1.82) is 0 Å². The highest BCUT2D eigenvalue weighted by atomic mass is 19.1. The fourth-order valence-electron chi connectivity index (χ4n) is 4.19. The molecule has 1 aliphatic carbocycles. The molecule has 7 nitrogen and oxygen atoms in total. The van der Waals surface area contributed by atoms with Crippen molar-refractivity contribution in [2.45, 2.75) is 73.0 Å². The Morgan fingerprint density at radius 1 is 1.11 bits per heavy atom. The summed E-state index contributed by atoms with van der Waals surface area (Å²) < 4.78 is 20.5. The van der Waals surface area contributed by atoms with Crippen molar-refractivity contribution in [3.8, 4) is 11.1 Å². The number of nitrogens with one attached hydrogen (secondary N) is 1. The van der Waals surface area contributed by atoms with Gasteiger partial charge >= 0.3 is 0 Å². The predicted molar refractivity (Wildman–Crippen MR) is 147 cm³/mol. The van der Waals surface area contributed by atoms with Gasteiger partial charge in [-0.3, -0.25) is 14.4 Å². The van der Waals surface area contributed by atoms with Gasteiger partial charge in [-0.25, -0.2) is 4.39 Å². The number of rotatable bonds is 11. The summed E-state index contributed by atoms with van der Waals surface area (Å²) >= 11 is 0. The van der Waals surface area contributed by atoms with E-state index >= 15 is 0 Å². The van der Waals surface area contributed by atoms with Gasteiger partial charge in [-0.05, 0) is 86.4 Å². The SMILES string of the molecule is Cc1c(F)cc(C(N)=O)cc1-c1ccc(C(=O)NCC(C)(C)C)cc1C(=O)N(CCCOC(C)C)C1CC1. The maximum absolute atomic E-state index is 14.8. The minimum Gasteiger partial charge on any atom is -0.379 e. The van der Waals surface area contributed by atoms with Crippen LogP contribution < -0.4 is 11.1 Å². The monoisotopic (exact) mass is 525 g/mol. The Hall–Kier alpha value is -3.26. The van der Waals surface area contributed by atoms with Crippen LogP contribution in [0.2, 0.25) is 0 Å². The molecule has 0 aromatic heterocycles. The third kappa shape index (κ3) is 7.63. The number of hydrogen-bond donors (Lipinski definition) is 2. The van der Waals surface area contributed by atoms with E-state index in [9.17, 15) is 18.8 Å². The zero-order chi connectivity index (χ0) is 28.2. The van der Waals surface area contributed by atoms with Crippen LogP contribution in [0.1, 0.15) is 90.5 Å². The van der Waals surface area contributed by atoms with Crippen molar-refractivity contribution in [1.82, 2.24) is 10.2 Å². The molecule has 1 saturated carbocycles. The molecule has 1 aliphatic rings. The van der Waals surface area contributed by atoms with E-state index in [1.807, 2.05) is 39.5 Å². The maximum atomic E-state index is 14.8. The zero-order valence-electron chi connectivity index (χ0n) is 23.3. The lowest BCUT2D eigenvalue weighted by molar-refractivity contribution is 0.0606. The maximum Gasteiger partial charge on any atom is 0.254 e. The molecule has 38 heavy (non-hydrogen) atoms. The van der Waals surface area contributed by atoms with Crippen molar-refractivity contribution >= 4 is 17.7 Å². The van der Waals surface area contributed by atoms with Crippen LogP contribution in [0.25, 0.3) is 11.1 Å². The second-order valence-electron chi connectivity index (χ2n) is 11.5. The summed E-state index contributed by atoms with van der Waals surface area (Å²) in [7, 11) is 0. The quantitative estimate of drug-likeness (QED) is 0.399. The molecule has 3 N–H and O–H groups in total. The van der Waals surface area contributed by atoms with Crippen molar-refractivity contribution in [3.63, 3.8) is 0 Å². The summed E-state index contributed by atoms with van der Waals surface area (Å²) in [5.41, 5.74) is 7.10. The molecular weight excluding hydrogens is 485 g/mol. The molecule has 3 amide bonds. The number of hydrogen-bond acceptors (Lipinski definition) is 4. The number of benzene rings is 2. The summed E-state index contributed by atoms with van der Waals surface area (Å²) in [6.07, 6.45) is 2.59. The van der Waals surface area contributed by atoms with Gasteiger partial charge in [0.2, 0.25) is 5.91 Å². The fourth-order valence-corrected chi connectivity index (χ4v) is 4.19. The van der Waals surface area contributed by atoms with Gasteiger partial charge in [-0.15, -0.1) is 0 Å². The number of halogens is 1. The van der Waals surface area contributed by atoms with E-state index < -0.39 is 11.7 Å². The first-order chi connectivity index (χ1) is 17.8. The van der Waals surface area contributed by atoms with Gasteiger partial charge < -0.3 is 20.7 Å².